The summed E-state index contributed by atoms with van der Waals surface area (Å²) in [5.41, 5.74) is 2.59. The molecule has 2 rings (SSSR count). The third kappa shape index (κ3) is 2.32. The van der Waals surface area contributed by atoms with Gasteiger partial charge in [0.25, 0.3) is 0 Å². The van der Waals surface area contributed by atoms with Crippen LogP contribution in [-0.4, -0.2) is 11.4 Å². The van der Waals surface area contributed by atoms with Crippen LogP contribution in [0.3, 0.4) is 0 Å². The van der Waals surface area contributed by atoms with E-state index in [1.54, 1.807) is 36.4 Å². The van der Waals surface area contributed by atoms with Crippen molar-refractivity contribution in [2.24, 2.45) is 0 Å². The maximum Gasteiger partial charge on any atom is 0.150 e. The number of nitrogens with zero attached hydrogens (tertiary/aromatic N) is 1. The van der Waals surface area contributed by atoms with Crippen molar-refractivity contribution in [3.63, 3.8) is 0 Å². The number of carbonyl (C=O) groups excluding carboxylic acids is 1. The van der Waals surface area contributed by atoms with Crippen molar-refractivity contribution < 1.29 is 9.90 Å². The summed E-state index contributed by atoms with van der Waals surface area (Å²) in [7, 11) is 0. The van der Waals surface area contributed by atoms with E-state index in [9.17, 15) is 9.90 Å². The highest BCUT2D eigenvalue weighted by molar-refractivity contribution is 5.77. The van der Waals surface area contributed by atoms with Crippen molar-refractivity contribution in [3.8, 4) is 22.9 Å². The Kier molecular flexibility index (Phi) is 2.89. The van der Waals surface area contributed by atoms with Crippen LogP contribution in [0.4, 0.5) is 0 Å². The minimum atomic E-state index is 0.0542. The smallest absolute Gasteiger partial charge is 0.150 e. The van der Waals surface area contributed by atoms with Gasteiger partial charge in [0.1, 0.15) is 12.0 Å². The number of aldehydes is 1. The number of aromatic hydroxyl groups is 1. The minimum absolute atomic E-state index is 0.0542. The van der Waals surface area contributed by atoms with Crippen molar-refractivity contribution in [3.05, 3.63) is 53.6 Å². The molecule has 0 aliphatic carbocycles. The average Bonchev–Trinajstić information content (AvgIpc) is 2.38. The Morgan fingerprint density at radius 3 is 2.35 bits per heavy atom. The fraction of sp³-hybridized carbons (Fsp3) is 0. The summed E-state index contributed by atoms with van der Waals surface area (Å²) in [6.07, 6.45) is 0.771. The first kappa shape index (κ1) is 10.9. The van der Waals surface area contributed by atoms with Crippen LogP contribution in [0.15, 0.2) is 42.5 Å². The number of phenolic OH excluding ortho intramolecular Hbond substituents is 1. The third-order valence-corrected chi connectivity index (χ3v) is 2.43. The van der Waals surface area contributed by atoms with Crippen LogP contribution in [0.5, 0.6) is 5.75 Å². The first-order valence-corrected chi connectivity index (χ1v) is 5.03. The molecule has 0 aromatic heterocycles. The summed E-state index contributed by atoms with van der Waals surface area (Å²) in [5, 5.41) is 18.3. The fourth-order valence-corrected chi connectivity index (χ4v) is 1.60. The Balaban J connectivity index is 2.48. The van der Waals surface area contributed by atoms with Crippen LogP contribution in [0.2, 0.25) is 0 Å². The molecule has 3 nitrogen and oxygen atoms in total. The van der Waals surface area contributed by atoms with E-state index in [1.165, 1.54) is 6.07 Å². The molecule has 17 heavy (non-hydrogen) atoms. The normalized spacial score (nSPS) is 9.59. The van der Waals surface area contributed by atoms with Gasteiger partial charge in [0.2, 0.25) is 0 Å². The lowest BCUT2D eigenvalue weighted by Gasteiger charge is -2.03. The number of rotatable bonds is 2. The molecule has 0 spiro atoms. The summed E-state index contributed by atoms with van der Waals surface area (Å²) in [6, 6.07) is 13.6. The minimum Gasteiger partial charge on any atom is -0.508 e. The number of carbonyl (C=O) groups is 1. The standard InChI is InChI=1S/C14H9NO2/c15-8-11-5-13(7-14(17)6-11)12-3-1-10(9-16)2-4-12/h1-7,9,17H. The van der Waals surface area contributed by atoms with E-state index in [0.29, 0.717) is 11.1 Å². The van der Waals surface area contributed by atoms with Crippen LogP contribution in [0, 0.1) is 11.3 Å². The molecule has 1 N–H and O–H groups in total. The Morgan fingerprint density at radius 2 is 1.76 bits per heavy atom. The lowest BCUT2D eigenvalue weighted by molar-refractivity contribution is 0.112. The molecule has 0 heterocycles. The predicted molar refractivity (Wildman–Crippen MR) is 63.6 cm³/mol. The monoisotopic (exact) mass is 223 g/mol. The highest BCUT2D eigenvalue weighted by atomic mass is 16.3. The number of phenols is 1. The lowest BCUT2D eigenvalue weighted by Crippen LogP contribution is -1.83. The topological polar surface area (TPSA) is 61.1 Å². The number of hydrogen-bond donors (Lipinski definition) is 1. The van der Waals surface area contributed by atoms with E-state index < -0.39 is 0 Å². The summed E-state index contributed by atoms with van der Waals surface area (Å²) in [6.45, 7) is 0. The van der Waals surface area contributed by atoms with Crippen molar-refractivity contribution in [1.82, 2.24) is 0 Å². The van der Waals surface area contributed by atoms with E-state index in [1.807, 2.05) is 6.07 Å². The SMILES string of the molecule is N#Cc1cc(O)cc(-c2ccc(C=O)cc2)c1. The number of benzene rings is 2. The second kappa shape index (κ2) is 4.50. The molecular formula is C14H9NO2. The lowest BCUT2D eigenvalue weighted by atomic mass is 10.0. The Morgan fingerprint density at radius 1 is 1.06 bits per heavy atom. The van der Waals surface area contributed by atoms with Gasteiger partial charge in [-0.1, -0.05) is 24.3 Å². The van der Waals surface area contributed by atoms with E-state index in [2.05, 4.69) is 0 Å². The first-order chi connectivity index (χ1) is 8.22. The molecule has 2 aromatic carbocycles. The molecule has 0 unspecified atom stereocenters. The van der Waals surface area contributed by atoms with E-state index in [4.69, 9.17) is 5.26 Å². The van der Waals surface area contributed by atoms with Crippen molar-refractivity contribution in [1.29, 1.82) is 5.26 Å². The van der Waals surface area contributed by atoms with Gasteiger partial charge in [0.15, 0.2) is 0 Å². The van der Waals surface area contributed by atoms with Gasteiger partial charge in [-0.15, -0.1) is 0 Å². The van der Waals surface area contributed by atoms with Gasteiger partial charge in [0, 0.05) is 5.56 Å². The molecule has 0 saturated heterocycles. The molecule has 0 atom stereocenters. The van der Waals surface area contributed by atoms with Crippen molar-refractivity contribution in [2.45, 2.75) is 0 Å². The van der Waals surface area contributed by atoms with Crippen LogP contribution in [-0.2, 0) is 0 Å². The van der Waals surface area contributed by atoms with Crippen molar-refractivity contribution in [2.75, 3.05) is 0 Å². The molecule has 0 saturated carbocycles. The van der Waals surface area contributed by atoms with E-state index in [0.717, 1.165) is 17.4 Å². The third-order valence-electron chi connectivity index (χ3n) is 2.43. The Bertz CT molecular complexity index is 595. The zero-order chi connectivity index (χ0) is 12.3. The predicted octanol–water partition coefficient (Wildman–Crippen LogP) is 2.74. The molecule has 82 valence electrons. The molecule has 0 radical (unpaired) electrons. The average molecular weight is 223 g/mol. The highest BCUT2D eigenvalue weighted by Gasteiger charge is 2.02. The molecule has 3 heteroatoms. The molecule has 0 bridgehead atoms. The number of hydrogen-bond acceptors (Lipinski definition) is 3. The Hall–Kier alpha value is -2.60. The molecule has 0 aliphatic heterocycles. The van der Waals surface area contributed by atoms with Gasteiger partial charge in [-0.3, -0.25) is 4.79 Å². The second-order valence-electron chi connectivity index (χ2n) is 3.62. The number of nitriles is 1. The summed E-state index contributed by atoms with van der Waals surface area (Å²) < 4.78 is 0. The van der Waals surface area contributed by atoms with Crippen LogP contribution < -0.4 is 0 Å². The van der Waals surface area contributed by atoms with Gasteiger partial charge in [-0.2, -0.15) is 5.26 Å². The van der Waals surface area contributed by atoms with Gasteiger partial charge in [-0.05, 0) is 29.3 Å². The van der Waals surface area contributed by atoms with Crippen LogP contribution in [0.25, 0.3) is 11.1 Å². The zero-order valence-corrected chi connectivity index (χ0v) is 8.92. The van der Waals surface area contributed by atoms with Gasteiger partial charge in [-0.25, -0.2) is 0 Å². The zero-order valence-electron chi connectivity index (χ0n) is 8.92. The summed E-state index contributed by atoms with van der Waals surface area (Å²) >= 11 is 0. The molecule has 0 fully saturated rings. The summed E-state index contributed by atoms with van der Waals surface area (Å²) in [5.74, 6) is 0.0542. The van der Waals surface area contributed by atoms with Crippen LogP contribution in [0.1, 0.15) is 15.9 Å². The van der Waals surface area contributed by atoms with E-state index in [-0.39, 0.29) is 5.75 Å². The fourth-order valence-electron chi connectivity index (χ4n) is 1.60. The molecular weight excluding hydrogens is 214 g/mol. The molecule has 0 amide bonds. The largest absolute Gasteiger partial charge is 0.508 e. The first-order valence-electron chi connectivity index (χ1n) is 5.03. The Labute approximate surface area is 98.6 Å². The quantitative estimate of drug-likeness (QED) is 0.796. The molecule has 2 aromatic rings. The van der Waals surface area contributed by atoms with Crippen molar-refractivity contribution >= 4 is 6.29 Å². The van der Waals surface area contributed by atoms with Gasteiger partial charge >= 0.3 is 0 Å². The van der Waals surface area contributed by atoms with Gasteiger partial charge < -0.3 is 5.11 Å². The maximum absolute atomic E-state index is 10.5. The summed E-state index contributed by atoms with van der Waals surface area (Å²) in [4.78, 5) is 10.5. The maximum atomic E-state index is 10.5. The second-order valence-corrected chi connectivity index (χ2v) is 3.62. The van der Waals surface area contributed by atoms with Crippen LogP contribution >= 0.6 is 0 Å². The highest BCUT2D eigenvalue weighted by Crippen LogP contribution is 2.25. The molecule has 0 aliphatic rings. The van der Waals surface area contributed by atoms with E-state index >= 15 is 0 Å². The van der Waals surface area contributed by atoms with Gasteiger partial charge in [0.05, 0.1) is 11.6 Å².